The van der Waals surface area contributed by atoms with Crippen LogP contribution in [0, 0.1) is 6.92 Å². The SMILES string of the molecule is COc1cccc([C@@H]2C[C@@H](c3ccc(C)cc3)n3nc(N)nc3N2)c1. The number of nitrogens with zero attached hydrogens (tertiary/aromatic N) is 3. The van der Waals surface area contributed by atoms with Gasteiger partial charge in [0.05, 0.1) is 19.2 Å². The van der Waals surface area contributed by atoms with Gasteiger partial charge in [0.15, 0.2) is 0 Å². The molecule has 1 aliphatic rings. The van der Waals surface area contributed by atoms with Crippen molar-refractivity contribution in [1.82, 2.24) is 14.8 Å². The van der Waals surface area contributed by atoms with Gasteiger partial charge in [0.25, 0.3) is 0 Å². The Bertz CT molecular complexity index is 887. The van der Waals surface area contributed by atoms with Crippen LogP contribution in [-0.4, -0.2) is 21.9 Å². The van der Waals surface area contributed by atoms with Crippen LogP contribution >= 0.6 is 0 Å². The summed E-state index contributed by atoms with van der Waals surface area (Å²) in [6.45, 7) is 2.09. The number of nitrogen functional groups attached to an aromatic ring is 1. The van der Waals surface area contributed by atoms with Crippen molar-refractivity contribution < 1.29 is 4.74 Å². The zero-order valence-corrected chi connectivity index (χ0v) is 14.3. The van der Waals surface area contributed by atoms with Gasteiger partial charge in [0, 0.05) is 0 Å². The van der Waals surface area contributed by atoms with Crippen LogP contribution < -0.4 is 15.8 Å². The molecule has 6 nitrogen and oxygen atoms in total. The zero-order chi connectivity index (χ0) is 17.4. The number of anilines is 2. The number of hydrogen-bond acceptors (Lipinski definition) is 5. The second-order valence-corrected chi connectivity index (χ2v) is 6.37. The van der Waals surface area contributed by atoms with Crippen LogP contribution in [0.1, 0.15) is 35.2 Å². The molecule has 1 aliphatic heterocycles. The third-order valence-corrected chi connectivity index (χ3v) is 4.66. The lowest BCUT2D eigenvalue weighted by Crippen LogP contribution is -2.28. The average molecular weight is 335 g/mol. The summed E-state index contributed by atoms with van der Waals surface area (Å²) >= 11 is 0. The van der Waals surface area contributed by atoms with Crippen molar-refractivity contribution in [2.24, 2.45) is 0 Å². The van der Waals surface area contributed by atoms with Gasteiger partial charge in [-0.1, -0.05) is 42.0 Å². The van der Waals surface area contributed by atoms with Gasteiger partial charge in [0.1, 0.15) is 5.75 Å². The first-order chi connectivity index (χ1) is 12.1. The van der Waals surface area contributed by atoms with Gasteiger partial charge in [-0.3, -0.25) is 0 Å². The zero-order valence-electron chi connectivity index (χ0n) is 14.3. The maximum Gasteiger partial charge on any atom is 0.241 e. The van der Waals surface area contributed by atoms with Gasteiger partial charge in [-0.05, 0) is 36.6 Å². The number of nitrogens with two attached hydrogens (primary N) is 1. The third-order valence-electron chi connectivity index (χ3n) is 4.66. The molecule has 2 heterocycles. The maximum absolute atomic E-state index is 5.85. The summed E-state index contributed by atoms with van der Waals surface area (Å²) in [4.78, 5) is 4.35. The molecule has 2 atom stereocenters. The lowest BCUT2D eigenvalue weighted by atomic mass is 9.93. The Morgan fingerprint density at radius 2 is 1.96 bits per heavy atom. The molecule has 0 saturated carbocycles. The quantitative estimate of drug-likeness (QED) is 0.768. The molecule has 4 rings (SSSR count). The number of ether oxygens (including phenoxy) is 1. The number of hydrogen-bond donors (Lipinski definition) is 2. The molecule has 3 N–H and O–H groups in total. The highest BCUT2D eigenvalue weighted by Gasteiger charge is 2.30. The topological polar surface area (TPSA) is 78.0 Å². The molecule has 1 aromatic heterocycles. The Balaban J connectivity index is 1.74. The molecule has 6 heteroatoms. The highest BCUT2D eigenvalue weighted by atomic mass is 16.5. The van der Waals surface area contributed by atoms with Crippen molar-refractivity contribution in [3.63, 3.8) is 0 Å². The van der Waals surface area contributed by atoms with Gasteiger partial charge in [-0.15, -0.1) is 5.10 Å². The second-order valence-electron chi connectivity index (χ2n) is 6.37. The summed E-state index contributed by atoms with van der Waals surface area (Å²) in [5, 5.41) is 7.84. The molecule has 0 spiro atoms. The first kappa shape index (κ1) is 15.5. The monoisotopic (exact) mass is 335 g/mol. The molecule has 0 aliphatic carbocycles. The lowest BCUT2D eigenvalue weighted by molar-refractivity contribution is 0.410. The molecular weight excluding hydrogens is 314 g/mol. The third kappa shape index (κ3) is 2.91. The van der Waals surface area contributed by atoms with Crippen LogP contribution in [0.25, 0.3) is 0 Å². The Morgan fingerprint density at radius 1 is 1.16 bits per heavy atom. The summed E-state index contributed by atoms with van der Waals surface area (Å²) in [7, 11) is 1.68. The standard InChI is InChI=1S/C19H21N5O/c1-12-6-8-13(9-7-12)17-11-16(14-4-3-5-15(10-14)25-2)21-19-22-18(20)23-24(17)19/h3-10,16-17H,11H2,1-2H3,(H3,20,21,22,23)/t16-,17-/m0/s1. The number of benzene rings is 2. The van der Waals surface area contributed by atoms with Crippen LogP contribution in [0.2, 0.25) is 0 Å². The molecule has 0 unspecified atom stereocenters. The lowest BCUT2D eigenvalue weighted by Gasteiger charge is -2.31. The van der Waals surface area contributed by atoms with E-state index in [0.717, 1.165) is 17.7 Å². The minimum atomic E-state index is 0.0813. The maximum atomic E-state index is 5.85. The predicted molar refractivity (Wildman–Crippen MR) is 97.7 cm³/mol. The van der Waals surface area contributed by atoms with Crippen molar-refractivity contribution in [2.75, 3.05) is 18.2 Å². The van der Waals surface area contributed by atoms with E-state index in [-0.39, 0.29) is 18.0 Å². The van der Waals surface area contributed by atoms with E-state index in [1.54, 1.807) is 7.11 Å². The van der Waals surface area contributed by atoms with Crippen LogP contribution in [0.5, 0.6) is 5.75 Å². The smallest absolute Gasteiger partial charge is 0.241 e. The number of rotatable bonds is 3. The van der Waals surface area contributed by atoms with E-state index < -0.39 is 0 Å². The van der Waals surface area contributed by atoms with Crippen LogP contribution in [0.3, 0.4) is 0 Å². The fourth-order valence-corrected chi connectivity index (χ4v) is 3.34. The van der Waals surface area contributed by atoms with Crippen molar-refractivity contribution in [1.29, 1.82) is 0 Å². The molecule has 0 fully saturated rings. The van der Waals surface area contributed by atoms with Gasteiger partial charge in [-0.2, -0.15) is 4.98 Å². The highest BCUT2D eigenvalue weighted by Crippen LogP contribution is 2.38. The minimum absolute atomic E-state index is 0.0813. The van der Waals surface area contributed by atoms with Gasteiger partial charge < -0.3 is 15.8 Å². The number of nitrogens with one attached hydrogen (secondary N) is 1. The summed E-state index contributed by atoms with van der Waals surface area (Å²) in [6, 6.07) is 16.8. The molecule has 0 amide bonds. The van der Waals surface area contributed by atoms with Crippen LogP contribution in [0.15, 0.2) is 48.5 Å². The molecule has 0 radical (unpaired) electrons. The van der Waals surface area contributed by atoms with E-state index in [9.17, 15) is 0 Å². The highest BCUT2D eigenvalue weighted by molar-refractivity contribution is 5.43. The van der Waals surface area contributed by atoms with Crippen molar-refractivity contribution >= 4 is 11.9 Å². The molecule has 25 heavy (non-hydrogen) atoms. The summed E-state index contributed by atoms with van der Waals surface area (Å²) in [5.74, 6) is 1.82. The number of methoxy groups -OCH3 is 1. The molecule has 3 aromatic rings. The van der Waals surface area contributed by atoms with E-state index in [1.807, 2.05) is 16.8 Å². The van der Waals surface area contributed by atoms with Crippen molar-refractivity contribution in [3.8, 4) is 5.75 Å². The first-order valence-electron chi connectivity index (χ1n) is 8.33. The Morgan fingerprint density at radius 3 is 2.72 bits per heavy atom. The predicted octanol–water partition coefficient (Wildman–Crippen LogP) is 3.32. The van der Waals surface area contributed by atoms with E-state index in [1.165, 1.54) is 11.1 Å². The molecule has 0 bridgehead atoms. The fraction of sp³-hybridized carbons (Fsp3) is 0.263. The normalized spacial score (nSPS) is 19.1. The van der Waals surface area contributed by atoms with Crippen molar-refractivity contribution in [3.05, 3.63) is 65.2 Å². The summed E-state index contributed by atoms with van der Waals surface area (Å²) < 4.78 is 7.25. The van der Waals surface area contributed by atoms with E-state index in [2.05, 4.69) is 58.7 Å². The summed E-state index contributed by atoms with van der Waals surface area (Å²) in [5.41, 5.74) is 9.44. The molecule has 128 valence electrons. The van der Waals surface area contributed by atoms with E-state index in [4.69, 9.17) is 10.5 Å². The van der Waals surface area contributed by atoms with Gasteiger partial charge >= 0.3 is 0 Å². The first-order valence-corrected chi connectivity index (χ1v) is 8.33. The fourth-order valence-electron chi connectivity index (χ4n) is 3.34. The largest absolute Gasteiger partial charge is 0.497 e. The Labute approximate surface area is 146 Å². The Kier molecular flexibility index (Phi) is 3.80. The average Bonchev–Trinajstić information content (AvgIpc) is 3.02. The van der Waals surface area contributed by atoms with E-state index in [0.29, 0.717) is 5.95 Å². The number of aromatic nitrogens is 3. The second kappa shape index (κ2) is 6.12. The van der Waals surface area contributed by atoms with Crippen LogP contribution in [-0.2, 0) is 0 Å². The van der Waals surface area contributed by atoms with Gasteiger partial charge in [-0.25, -0.2) is 4.68 Å². The number of fused-ring (bicyclic) bond motifs is 1. The Hall–Kier alpha value is -3.02. The molecule has 2 aromatic carbocycles. The molecular formula is C19H21N5O. The minimum Gasteiger partial charge on any atom is -0.497 e. The van der Waals surface area contributed by atoms with Gasteiger partial charge in [0.2, 0.25) is 11.9 Å². The summed E-state index contributed by atoms with van der Waals surface area (Å²) in [6.07, 6.45) is 0.853. The van der Waals surface area contributed by atoms with Crippen LogP contribution in [0.4, 0.5) is 11.9 Å². The molecule has 0 saturated heterocycles. The van der Waals surface area contributed by atoms with Crippen molar-refractivity contribution in [2.45, 2.75) is 25.4 Å². The number of aryl methyl sites for hydroxylation is 1. The van der Waals surface area contributed by atoms with E-state index >= 15 is 0 Å².